The van der Waals surface area contributed by atoms with Gasteiger partial charge in [-0.3, -0.25) is 0 Å². The van der Waals surface area contributed by atoms with Gasteiger partial charge in [-0.25, -0.2) is 9.98 Å². The van der Waals surface area contributed by atoms with Crippen molar-refractivity contribution in [2.75, 3.05) is 5.75 Å². The molecule has 1 atom stereocenters. The molecule has 3 aromatic rings. The number of rotatable bonds is 5. The standard InChI is InChI=1S/C19H16N4S/c1-2-12-24-19(21-14-8-4-3-5-9-14)15(13-20)18-22-16-10-6-7-11-17(16)23-18/h2-11,15H,1,12H2,(H,22,23)/t15-/m1/s1. The van der Waals surface area contributed by atoms with Crippen molar-refractivity contribution in [3.63, 3.8) is 0 Å². The Morgan fingerprint density at radius 2 is 2.00 bits per heavy atom. The second-order valence-electron chi connectivity index (χ2n) is 5.09. The summed E-state index contributed by atoms with van der Waals surface area (Å²) in [6, 6.07) is 19.7. The average Bonchev–Trinajstić information content (AvgIpc) is 3.04. The van der Waals surface area contributed by atoms with Crippen LogP contribution in [0.1, 0.15) is 11.7 Å². The fraction of sp³-hybridized carbons (Fsp3) is 0.105. The number of fused-ring (bicyclic) bond motifs is 1. The molecule has 118 valence electrons. The van der Waals surface area contributed by atoms with Crippen LogP contribution in [-0.2, 0) is 0 Å². The molecule has 0 aliphatic carbocycles. The number of H-pyrrole nitrogens is 1. The minimum Gasteiger partial charge on any atom is -0.341 e. The van der Waals surface area contributed by atoms with E-state index in [0.29, 0.717) is 16.6 Å². The molecule has 0 saturated carbocycles. The number of nitrogens with one attached hydrogen (secondary N) is 1. The van der Waals surface area contributed by atoms with Gasteiger partial charge in [-0.1, -0.05) is 36.4 Å². The van der Waals surface area contributed by atoms with E-state index in [1.54, 1.807) is 6.08 Å². The van der Waals surface area contributed by atoms with E-state index in [4.69, 9.17) is 0 Å². The maximum absolute atomic E-state index is 9.72. The minimum atomic E-state index is -0.539. The van der Waals surface area contributed by atoms with Crippen LogP contribution < -0.4 is 0 Å². The molecule has 0 saturated heterocycles. The van der Waals surface area contributed by atoms with Crippen molar-refractivity contribution in [1.82, 2.24) is 9.97 Å². The van der Waals surface area contributed by atoms with Crippen molar-refractivity contribution in [3.05, 3.63) is 73.1 Å². The van der Waals surface area contributed by atoms with Crippen molar-refractivity contribution in [2.24, 2.45) is 4.99 Å². The van der Waals surface area contributed by atoms with Crippen LogP contribution in [0, 0.1) is 11.3 Å². The monoisotopic (exact) mass is 332 g/mol. The highest BCUT2D eigenvalue weighted by atomic mass is 32.2. The first-order valence-corrected chi connectivity index (χ1v) is 8.52. The van der Waals surface area contributed by atoms with E-state index < -0.39 is 5.92 Å². The summed E-state index contributed by atoms with van der Waals surface area (Å²) in [5, 5.41) is 10.4. The predicted molar refractivity (Wildman–Crippen MR) is 101 cm³/mol. The van der Waals surface area contributed by atoms with Gasteiger partial charge in [0, 0.05) is 5.75 Å². The van der Waals surface area contributed by atoms with Gasteiger partial charge in [0.15, 0.2) is 5.92 Å². The number of aromatic nitrogens is 2. The average molecular weight is 332 g/mol. The number of hydrogen-bond donors (Lipinski definition) is 1. The number of nitrogens with zero attached hydrogens (tertiary/aromatic N) is 3. The molecule has 24 heavy (non-hydrogen) atoms. The fourth-order valence-electron chi connectivity index (χ4n) is 2.30. The molecule has 1 N–H and O–H groups in total. The highest BCUT2D eigenvalue weighted by Gasteiger charge is 2.22. The molecule has 0 aliphatic heterocycles. The molecule has 0 unspecified atom stereocenters. The number of thioether (sulfide) groups is 1. The van der Waals surface area contributed by atoms with Gasteiger partial charge in [0.1, 0.15) is 5.82 Å². The molecular formula is C19H16N4S. The van der Waals surface area contributed by atoms with Gasteiger partial charge in [-0.2, -0.15) is 5.26 Å². The Kier molecular flexibility index (Phi) is 5.09. The summed E-state index contributed by atoms with van der Waals surface area (Å²) >= 11 is 1.50. The molecule has 0 bridgehead atoms. The zero-order chi connectivity index (χ0) is 16.8. The Balaban J connectivity index is 2.01. The molecule has 0 spiro atoms. The number of hydrogen-bond acceptors (Lipinski definition) is 4. The first-order chi connectivity index (χ1) is 11.8. The van der Waals surface area contributed by atoms with E-state index in [0.717, 1.165) is 16.7 Å². The maximum atomic E-state index is 9.72. The Morgan fingerprint density at radius 1 is 1.25 bits per heavy atom. The quantitative estimate of drug-likeness (QED) is 0.414. The smallest absolute Gasteiger partial charge is 0.152 e. The van der Waals surface area contributed by atoms with Crippen molar-refractivity contribution in [3.8, 4) is 6.07 Å². The topological polar surface area (TPSA) is 64.8 Å². The van der Waals surface area contributed by atoms with Crippen molar-refractivity contribution < 1.29 is 0 Å². The Bertz CT molecular complexity index is 873. The van der Waals surface area contributed by atoms with Crippen LogP contribution in [0.15, 0.2) is 72.2 Å². The van der Waals surface area contributed by atoms with Crippen LogP contribution in [0.25, 0.3) is 11.0 Å². The van der Waals surface area contributed by atoms with Gasteiger partial charge in [0.05, 0.1) is 27.8 Å². The lowest BCUT2D eigenvalue weighted by atomic mass is 10.2. The number of nitriles is 1. The number of benzene rings is 2. The second kappa shape index (κ2) is 7.62. The Labute approximate surface area is 145 Å². The lowest BCUT2D eigenvalue weighted by Crippen LogP contribution is -2.09. The molecule has 2 aromatic carbocycles. The molecule has 4 nitrogen and oxygen atoms in total. The molecule has 0 aliphatic rings. The normalized spacial score (nSPS) is 12.7. The van der Waals surface area contributed by atoms with Gasteiger partial charge < -0.3 is 4.98 Å². The number of aromatic amines is 1. The molecule has 1 aromatic heterocycles. The lowest BCUT2D eigenvalue weighted by Gasteiger charge is -2.09. The van der Waals surface area contributed by atoms with Crippen molar-refractivity contribution in [1.29, 1.82) is 5.26 Å². The number of imidazole rings is 1. The zero-order valence-electron chi connectivity index (χ0n) is 13.0. The fourth-order valence-corrected chi connectivity index (χ4v) is 3.09. The summed E-state index contributed by atoms with van der Waals surface area (Å²) in [5.74, 6) is 0.761. The van der Waals surface area contributed by atoms with Crippen LogP contribution >= 0.6 is 11.8 Å². The summed E-state index contributed by atoms with van der Waals surface area (Å²) in [4.78, 5) is 12.5. The summed E-state index contributed by atoms with van der Waals surface area (Å²) in [7, 11) is 0. The van der Waals surface area contributed by atoms with Crippen LogP contribution in [0.4, 0.5) is 5.69 Å². The Hall–Kier alpha value is -2.84. The first-order valence-electron chi connectivity index (χ1n) is 7.53. The van der Waals surface area contributed by atoms with E-state index in [-0.39, 0.29) is 0 Å². The van der Waals surface area contributed by atoms with Gasteiger partial charge in [-0.15, -0.1) is 18.3 Å². The van der Waals surface area contributed by atoms with Crippen LogP contribution in [0.2, 0.25) is 0 Å². The maximum Gasteiger partial charge on any atom is 0.152 e. The van der Waals surface area contributed by atoms with Gasteiger partial charge in [0.25, 0.3) is 0 Å². The SMILES string of the molecule is C=CCSC(=Nc1ccccc1)[C@H](C#N)c1nc2ccccc2[nH]1. The molecule has 0 amide bonds. The van der Waals surface area contributed by atoms with Gasteiger partial charge >= 0.3 is 0 Å². The van der Waals surface area contributed by atoms with Gasteiger partial charge in [0.2, 0.25) is 0 Å². The van der Waals surface area contributed by atoms with Crippen molar-refractivity contribution in [2.45, 2.75) is 5.92 Å². The molecule has 1 heterocycles. The minimum absolute atomic E-state index is 0.539. The summed E-state index contributed by atoms with van der Waals surface area (Å²) in [6.45, 7) is 3.75. The van der Waals surface area contributed by atoms with E-state index >= 15 is 0 Å². The summed E-state index contributed by atoms with van der Waals surface area (Å²) < 4.78 is 0. The highest BCUT2D eigenvalue weighted by molar-refractivity contribution is 8.14. The van der Waals surface area contributed by atoms with Crippen LogP contribution in [-0.4, -0.2) is 20.8 Å². The summed E-state index contributed by atoms with van der Waals surface area (Å²) in [6.07, 6.45) is 1.80. The third-order valence-corrected chi connectivity index (χ3v) is 4.43. The van der Waals surface area contributed by atoms with E-state index in [9.17, 15) is 5.26 Å². The number of aliphatic imine (C=N–C) groups is 1. The third kappa shape index (κ3) is 3.55. The van der Waals surface area contributed by atoms with E-state index in [1.165, 1.54) is 11.8 Å². The highest BCUT2D eigenvalue weighted by Crippen LogP contribution is 2.27. The molecule has 5 heteroatoms. The molecule has 0 radical (unpaired) electrons. The largest absolute Gasteiger partial charge is 0.341 e. The molecule has 3 rings (SSSR count). The van der Waals surface area contributed by atoms with Gasteiger partial charge in [-0.05, 0) is 24.3 Å². The van der Waals surface area contributed by atoms with Crippen LogP contribution in [0.5, 0.6) is 0 Å². The van der Waals surface area contributed by atoms with Crippen molar-refractivity contribution >= 4 is 33.5 Å². The molecular weight excluding hydrogens is 316 g/mol. The third-order valence-electron chi connectivity index (χ3n) is 3.40. The number of para-hydroxylation sites is 3. The van der Waals surface area contributed by atoms with E-state index in [2.05, 4.69) is 27.6 Å². The van der Waals surface area contributed by atoms with E-state index in [1.807, 2.05) is 54.6 Å². The molecule has 0 fully saturated rings. The zero-order valence-corrected chi connectivity index (χ0v) is 13.8. The first kappa shape index (κ1) is 16.0. The summed E-state index contributed by atoms with van der Waals surface area (Å²) in [5.41, 5.74) is 2.58. The Morgan fingerprint density at radius 3 is 2.71 bits per heavy atom. The lowest BCUT2D eigenvalue weighted by molar-refractivity contribution is 1.02. The second-order valence-corrected chi connectivity index (χ2v) is 6.13. The predicted octanol–water partition coefficient (Wildman–Crippen LogP) is 4.82. The van der Waals surface area contributed by atoms with Crippen LogP contribution in [0.3, 0.4) is 0 Å².